The van der Waals surface area contributed by atoms with Gasteiger partial charge in [-0.15, -0.1) is 0 Å². The molecule has 228 valence electrons. The molecule has 0 heterocycles. The van der Waals surface area contributed by atoms with Crippen molar-refractivity contribution in [3.63, 3.8) is 0 Å². The van der Waals surface area contributed by atoms with Gasteiger partial charge in [0, 0.05) is 5.56 Å². The fraction of sp³-hybridized carbons (Fsp3) is 0.824. The largest absolute Gasteiger partial charge is 0.504 e. The van der Waals surface area contributed by atoms with E-state index in [1.165, 1.54) is 96.3 Å². The number of ether oxygens (including phenoxy) is 3. The summed E-state index contributed by atoms with van der Waals surface area (Å²) < 4.78 is 18.5. The van der Waals surface area contributed by atoms with Gasteiger partial charge in [0.05, 0.1) is 19.8 Å². The van der Waals surface area contributed by atoms with Gasteiger partial charge in [0.25, 0.3) is 0 Å². The topological polar surface area (TPSA) is 68.2 Å². The van der Waals surface area contributed by atoms with Crippen molar-refractivity contribution in [2.75, 3.05) is 19.8 Å². The molecule has 0 saturated carbocycles. The molecule has 1 aromatic rings. The van der Waals surface area contributed by atoms with E-state index in [1.54, 1.807) is 6.92 Å². The maximum atomic E-state index is 10.8. The molecule has 0 fully saturated rings. The number of unbranched alkanes of at least 4 members (excludes halogenated alkanes) is 18. The van der Waals surface area contributed by atoms with E-state index in [2.05, 4.69) is 20.8 Å². The number of phenols is 2. The molecular formula is C34H62O5. The second kappa shape index (κ2) is 24.1. The zero-order valence-electron chi connectivity index (χ0n) is 26.1. The van der Waals surface area contributed by atoms with Crippen molar-refractivity contribution < 1.29 is 24.4 Å². The van der Waals surface area contributed by atoms with Crippen LogP contribution in [0.4, 0.5) is 0 Å². The molecule has 1 rings (SSSR count). The first-order valence-corrected chi connectivity index (χ1v) is 16.5. The number of hydrogen-bond donors (Lipinski definition) is 2. The van der Waals surface area contributed by atoms with E-state index in [9.17, 15) is 10.2 Å². The number of aromatic hydroxyl groups is 2. The zero-order chi connectivity index (χ0) is 28.6. The van der Waals surface area contributed by atoms with E-state index in [1.807, 2.05) is 0 Å². The summed E-state index contributed by atoms with van der Waals surface area (Å²) in [5.41, 5.74) is 0.508. The lowest BCUT2D eigenvalue weighted by molar-refractivity contribution is 0.223. The lowest BCUT2D eigenvalue weighted by Gasteiger charge is -2.21. The highest BCUT2D eigenvalue weighted by Crippen LogP contribution is 2.52. The van der Waals surface area contributed by atoms with Crippen LogP contribution in [0, 0.1) is 6.92 Å². The lowest BCUT2D eigenvalue weighted by Crippen LogP contribution is -2.08. The Morgan fingerprint density at radius 2 is 0.692 bits per heavy atom. The maximum absolute atomic E-state index is 10.8. The summed E-state index contributed by atoms with van der Waals surface area (Å²) in [6, 6.07) is 0. The van der Waals surface area contributed by atoms with Crippen molar-refractivity contribution in [1.82, 2.24) is 0 Å². The smallest absolute Gasteiger partial charge is 0.211 e. The fourth-order valence-electron chi connectivity index (χ4n) is 4.91. The first-order chi connectivity index (χ1) is 19.1. The lowest BCUT2D eigenvalue weighted by atomic mass is 10.1. The van der Waals surface area contributed by atoms with Crippen LogP contribution in [0.5, 0.6) is 28.7 Å². The molecule has 0 unspecified atom stereocenters. The average molecular weight is 551 g/mol. The Kier molecular flexibility index (Phi) is 21.7. The molecule has 0 aliphatic rings. The monoisotopic (exact) mass is 550 g/mol. The van der Waals surface area contributed by atoms with Crippen LogP contribution in [-0.2, 0) is 0 Å². The van der Waals surface area contributed by atoms with Crippen molar-refractivity contribution in [1.29, 1.82) is 0 Å². The van der Waals surface area contributed by atoms with Gasteiger partial charge in [0.2, 0.25) is 17.2 Å². The van der Waals surface area contributed by atoms with E-state index in [4.69, 9.17) is 14.2 Å². The molecule has 0 radical (unpaired) electrons. The van der Waals surface area contributed by atoms with Crippen molar-refractivity contribution in [2.24, 2.45) is 0 Å². The van der Waals surface area contributed by atoms with Crippen LogP contribution in [-0.4, -0.2) is 30.0 Å². The molecule has 0 saturated heterocycles. The van der Waals surface area contributed by atoms with E-state index < -0.39 is 0 Å². The first-order valence-electron chi connectivity index (χ1n) is 16.5. The minimum absolute atomic E-state index is 0.178. The van der Waals surface area contributed by atoms with Gasteiger partial charge < -0.3 is 24.4 Å². The van der Waals surface area contributed by atoms with Gasteiger partial charge in [-0.3, -0.25) is 0 Å². The Hall–Kier alpha value is -1.78. The molecule has 0 atom stereocenters. The van der Waals surface area contributed by atoms with E-state index in [0.717, 1.165) is 38.5 Å². The predicted octanol–water partition coefficient (Wildman–Crippen LogP) is 10.8. The zero-order valence-corrected chi connectivity index (χ0v) is 26.1. The van der Waals surface area contributed by atoms with Gasteiger partial charge >= 0.3 is 0 Å². The summed E-state index contributed by atoms with van der Waals surface area (Å²) in [6.45, 7) is 10.1. The van der Waals surface area contributed by atoms with Crippen LogP contribution in [0.1, 0.15) is 161 Å². The molecule has 0 aliphatic carbocycles. The Labute approximate surface area is 241 Å². The number of benzene rings is 1. The summed E-state index contributed by atoms with van der Waals surface area (Å²) in [4.78, 5) is 0. The predicted molar refractivity (Wildman–Crippen MR) is 165 cm³/mol. The molecule has 0 amide bonds. The Morgan fingerprint density at radius 3 is 1.08 bits per heavy atom. The number of rotatable bonds is 27. The second-order valence-electron chi connectivity index (χ2n) is 11.2. The molecule has 0 bridgehead atoms. The Morgan fingerprint density at radius 1 is 0.385 bits per heavy atom. The van der Waals surface area contributed by atoms with Gasteiger partial charge in [-0.05, 0) is 26.2 Å². The van der Waals surface area contributed by atoms with Crippen LogP contribution < -0.4 is 14.2 Å². The fourth-order valence-corrected chi connectivity index (χ4v) is 4.91. The normalized spacial score (nSPS) is 11.2. The summed E-state index contributed by atoms with van der Waals surface area (Å²) in [7, 11) is 0. The maximum Gasteiger partial charge on any atom is 0.211 e. The minimum atomic E-state index is -0.242. The van der Waals surface area contributed by atoms with Crippen LogP contribution >= 0.6 is 0 Å². The summed E-state index contributed by atoms with van der Waals surface area (Å²) in [6.07, 6.45) is 25.2. The van der Waals surface area contributed by atoms with Gasteiger partial charge in [-0.25, -0.2) is 0 Å². The van der Waals surface area contributed by atoms with Crippen LogP contribution in [0.15, 0.2) is 0 Å². The Balaban J connectivity index is 2.77. The molecule has 0 aliphatic heterocycles. The van der Waals surface area contributed by atoms with E-state index >= 15 is 0 Å². The molecule has 2 N–H and O–H groups in total. The number of hydrogen-bond acceptors (Lipinski definition) is 5. The summed E-state index contributed by atoms with van der Waals surface area (Å²) in [5, 5.41) is 21.5. The molecule has 1 aromatic carbocycles. The molecule has 5 nitrogen and oxygen atoms in total. The Bertz CT molecular complexity index is 671. The molecule has 39 heavy (non-hydrogen) atoms. The highest BCUT2D eigenvalue weighted by atomic mass is 16.5. The van der Waals surface area contributed by atoms with Gasteiger partial charge in [-0.1, -0.05) is 136 Å². The highest BCUT2D eigenvalue weighted by molar-refractivity contribution is 5.68. The third-order valence-corrected chi connectivity index (χ3v) is 7.53. The third-order valence-electron chi connectivity index (χ3n) is 7.53. The second-order valence-corrected chi connectivity index (χ2v) is 11.2. The van der Waals surface area contributed by atoms with Crippen LogP contribution in [0.2, 0.25) is 0 Å². The van der Waals surface area contributed by atoms with Gasteiger partial charge in [0.1, 0.15) is 0 Å². The van der Waals surface area contributed by atoms with Gasteiger partial charge in [-0.2, -0.15) is 0 Å². The van der Waals surface area contributed by atoms with Crippen molar-refractivity contribution in [3.8, 4) is 28.7 Å². The number of phenolic OH excluding ortho intramolecular Hbond substituents is 2. The summed E-state index contributed by atoms with van der Waals surface area (Å²) >= 11 is 0. The van der Waals surface area contributed by atoms with Crippen LogP contribution in [0.3, 0.4) is 0 Å². The van der Waals surface area contributed by atoms with E-state index in [0.29, 0.717) is 36.9 Å². The SMILES string of the molecule is CCCCCCCCCOc1c(C)c(O)c(O)c(OCCCCCCCCC)c1OCCCCCCCCC. The van der Waals surface area contributed by atoms with Crippen LogP contribution in [0.25, 0.3) is 0 Å². The standard InChI is InChI=1S/C34H62O5/c1-5-8-11-14-17-20-23-26-37-32-29(4)30(35)31(36)33(38-27-24-21-18-15-12-9-6-2)34(32)39-28-25-22-19-16-13-10-7-3/h35-36H,5-28H2,1-4H3. The molecule has 0 spiro atoms. The quantitative estimate of drug-likeness (QED) is 0.0842. The molecule has 0 aromatic heterocycles. The first kappa shape index (κ1) is 35.2. The molecule has 5 heteroatoms. The third kappa shape index (κ3) is 15.6. The minimum Gasteiger partial charge on any atom is -0.504 e. The van der Waals surface area contributed by atoms with Crippen molar-refractivity contribution in [3.05, 3.63) is 5.56 Å². The van der Waals surface area contributed by atoms with Gasteiger partial charge in [0.15, 0.2) is 11.5 Å². The average Bonchev–Trinajstić information content (AvgIpc) is 2.94. The van der Waals surface area contributed by atoms with E-state index in [-0.39, 0.29) is 17.2 Å². The molecular weight excluding hydrogens is 488 g/mol. The highest BCUT2D eigenvalue weighted by Gasteiger charge is 2.25. The summed E-state index contributed by atoms with van der Waals surface area (Å²) in [5.74, 6) is 0.755. The van der Waals surface area contributed by atoms with Crippen molar-refractivity contribution >= 4 is 0 Å². The van der Waals surface area contributed by atoms with Crippen molar-refractivity contribution in [2.45, 2.75) is 163 Å².